The second-order valence-corrected chi connectivity index (χ2v) is 6.20. The lowest BCUT2D eigenvalue weighted by Gasteiger charge is -2.34. The maximum atomic E-state index is 12.7. The fraction of sp³-hybridized carbons (Fsp3) is 0.467. The number of aryl methyl sites for hydroxylation is 1. The molecule has 1 aliphatic rings. The van der Waals surface area contributed by atoms with Gasteiger partial charge in [0.15, 0.2) is 0 Å². The topological polar surface area (TPSA) is 75.4 Å². The van der Waals surface area contributed by atoms with Crippen molar-refractivity contribution in [3.05, 3.63) is 33.8 Å². The number of amides is 2. The molecule has 0 radical (unpaired) electrons. The molecule has 5 nitrogen and oxygen atoms in total. The van der Waals surface area contributed by atoms with Gasteiger partial charge >= 0.3 is 0 Å². The molecule has 0 aromatic heterocycles. The van der Waals surface area contributed by atoms with Crippen LogP contribution in [0.15, 0.2) is 22.7 Å². The molecule has 0 saturated carbocycles. The first-order valence-electron chi connectivity index (χ1n) is 7.05. The van der Waals surface area contributed by atoms with Gasteiger partial charge in [0.05, 0.1) is 6.54 Å². The third kappa shape index (κ3) is 4.04. The standard InChI is InChI=1S/C15H20BrN3O2/c1-10-8-11(2-3-13(10)16)15(21)19(9-14(17)20)12-4-6-18-7-5-12/h2-3,8,12,18H,4-7,9H2,1H3,(H2,17,20). The molecule has 2 amide bonds. The fourth-order valence-corrected chi connectivity index (χ4v) is 2.84. The summed E-state index contributed by atoms with van der Waals surface area (Å²) < 4.78 is 0.961. The Balaban J connectivity index is 2.23. The Kier molecular flexibility index (Phi) is 5.36. The molecule has 114 valence electrons. The highest BCUT2D eigenvalue weighted by Gasteiger charge is 2.27. The Morgan fingerprint density at radius 2 is 2.05 bits per heavy atom. The average Bonchev–Trinajstić information content (AvgIpc) is 2.47. The molecule has 3 N–H and O–H groups in total. The lowest BCUT2D eigenvalue weighted by atomic mass is 10.0. The van der Waals surface area contributed by atoms with Crippen LogP contribution in [0.5, 0.6) is 0 Å². The summed E-state index contributed by atoms with van der Waals surface area (Å²) >= 11 is 3.43. The van der Waals surface area contributed by atoms with Gasteiger partial charge < -0.3 is 16.0 Å². The molecule has 0 aliphatic carbocycles. The van der Waals surface area contributed by atoms with Crippen molar-refractivity contribution in [1.29, 1.82) is 0 Å². The highest BCUT2D eigenvalue weighted by Crippen LogP contribution is 2.20. The molecular weight excluding hydrogens is 334 g/mol. The van der Waals surface area contributed by atoms with Crippen molar-refractivity contribution in [2.75, 3.05) is 19.6 Å². The molecule has 1 aromatic rings. The first-order valence-corrected chi connectivity index (χ1v) is 7.84. The molecule has 1 saturated heterocycles. The lowest BCUT2D eigenvalue weighted by molar-refractivity contribution is -0.119. The zero-order valence-corrected chi connectivity index (χ0v) is 13.6. The van der Waals surface area contributed by atoms with E-state index in [4.69, 9.17) is 5.73 Å². The van der Waals surface area contributed by atoms with E-state index in [2.05, 4.69) is 21.2 Å². The number of halogens is 1. The van der Waals surface area contributed by atoms with Gasteiger partial charge in [-0.2, -0.15) is 0 Å². The van der Waals surface area contributed by atoms with Crippen LogP contribution in [0, 0.1) is 6.92 Å². The number of rotatable bonds is 4. The maximum Gasteiger partial charge on any atom is 0.254 e. The van der Waals surface area contributed by atoms with Gasteiger partial charge in [0.1, 0.15) is 0 Å². The summed E-state index contributed by atoms with van der Waals surface area (Å²) in [7, 11) is 0. The maximum absolute atomic E-state index is 12.7. The van der Waals surface area contributed by atoms with Crippen LogP contribution < -0.4 is 11.1 Å². The predicted molar refractivity (Wildman–Crippen MR) is 85.0 cm³/mol. The number of benzene rings is 1. The Morgan fingerprint density at radius 1 is 1.38 bits per heavy atom. The summed E-state index contributed by atoms with van der Waals surface area (Å²) in [5.74, 6) is -0.605. The van der Waals surface area contributed by atoms with E-state index in [1.165, 1.54) is 0 Å². The number of carbonyl (C=O) groups excluding carboxylic acids is 2. The number of hydrogen-bond acceptors (Lipinski definition) is 3. The van der Waals surface area contributed by atoms with Crippen LogP contribution in [-0.2, 0) is 4.79 Å². The number of nitrogens with one attached hydrogen (secondary N) is 1. The minimum Gasteiger partial charge on any atom is -0.368 e. The highest BCUT2D eigenvalue weighted by atomic mass is 79.9. The van der Waals surface area contributed by atoms with Gasteiger partial charge in [0.25, 0.3) is 5.91 Å². The summed E-state index contributed by atoms with van der Waals surface area (Å²) in [4.78, 5) is 25.7. The molecule has 0 bridgehead atoms. The summed E-state index contributed by atoms with van der Waals surface area (Å²) in [6.07, 6.45) is 1.68. The van der Waals surface area contributed by atoms with Crippen LogP contribution >= 0.6 is 15.9 Å². The van der Waals surface area contributed by atoms with E-state index in [1.807, 2.05) is 19.1 Å². The molecule has 0 atom stereocenters. The Morgan fingerprint density at radius 3 is 2.62 bits per heavy atom. The third-order valence-electron chi connectivity index (χ3n) is 3.74. The van der Waals surface area contributed by atoms with Crippen LogP contribution in [0.25, 0.3) is 0 Å². The number of nitrogens with two attached hydrogens (primary N) is 1. The molecule has 0 unspecified atom stereocenters. The van der Waals surface area contributed by atoms with E-state index in [1.54, 1.807) is 11.0 Å². The SMILES string of the molecule is Cc1cc(C(=O)N(CC(N)=O)C2CCNCC2)ccc1Br. The monoisotopic (exact) mass is 353 g/mol. The Hall–Kier alpha value is -1.40. The minimum absolute atomic E-state index is 0.0292. The average molecular weight is 354 g/mol. The van der Waals surface area contributed by atoms with Crippen molar-refractivity contribution in [3.8, 4) is 0 Å². The van der Waals surface area contributed by atoms with Gasteiger partial charge in [0, 0.05) is 16.1 Å². The molecule has 1 heterocycles. The molecule has 6 heteroatoms. The molecule has 1 fully saturated rings. The number of nitrogens with zero attached hydrogens (tertiary/aromatic N) is 1. The van der Waals surface area contributed by atoms with Crippen molar-refractivity contribution in [3.63, 3.8) is 0 Å². The fourth-order valence-electron chi connectivity index (χ4n) is 2.60. The van der Waals surface area contributed by atoms with Gasteiger partial charge in [-0.3, -0.25) is 9.59 Å². The van der Waals surface area contributed by atoms with Gasteiger partial charge in [-0.05, 0) is 56.6 Å². The van der Waals surface area contributed by atoms with Crippen molar-refractivity contribution in [1.82, 2.24) is 10.2 Å². The van der Waals surface area contributed by atoms with E-state index in [-0.39, 0.29) is 18.5 Å². The van der Waals surface area contributed by atoms with Crippen LogP contribution in [0.2, 0.25) is 0 Å². The summed E-state index contributed by atoms with van der Waals surface area (Å²) in [5, 5.41) is 3.26. The molecular formula is C15H20BrN3O2. The molecule has 2 rings (SSSR count). The van der Waals surface area contributed by atoms with Gasteiger partial charge in [-0.15, -0.1) is 0 Å². The summed E-state index contributed by atoms with van der Waals surface area (Å²) in [6.45, 7) is 3.61. The summed E-state index contributed by atoms with van der Waals surface area (Å²) in [5.41, 5.74) is 6.90. The molecule has 1 aliphatic heterocycles. The van der Waals surface area contributed by atoms with Crippen molar-refractivity contribution < 1.29 is 9.59 Å². The number of hydrogen-bond donors (Lipinski definition) is 2. The quantitative estimate of drug-likeness (QED) is 0.859. The second-order valence-electron chi connectivity index (χ2n) is 5.34. The van der Waals surface area contributed by atoms with Crippen LogP contribution in [-0.4, -0.2) is 42.4 Å². The van der Waals surface area contributed by atoms with Gasteiger partial charge in [0.2, 0.25) is 5.91 Å². The predicted octanol–water partition coefficient (Wildman–Crippen LogP) is 1.44. The van der Waals surface area contributed by atoms with E-state index in [0.29, 0.717) is 5.56 Å². The highest BCUT2D eigenvalue weighted by molar-refractivity contribution is 9.10. The van der Waals surface area contributed by atoms with Crippen molar-refractivity contribution in [2.24, 2.45) is 5.73 Å². The van der Waals surface area contributed by atoms with Crippen molar-refractivity contribution in [2.45, 2.75) is 25.8 Å². The van der Waals surface area contributed by atoms with E-state index < -0.39 is 5.91 Å². The molecule has 21 heavy (non-hydrogen) atoms. The van der Waals surface area contributed by atoms with Crippen LogP contribution in [0.1, 0.15) is 28.8 Å². The van der Waals surface area contributed by atoms with E-state index in [0.717, 1.165) is 36.0 Å². The molecule has 1 aromatic carbocycles. The first kappa shape index (κ1) is 16.0. The normalized spacial score (nSPS) is 15.7. The smallest absolute Gasteiger partial charge is 0.254 e. The van der Waals surface area contributed by atoms with Gasteiger partial charge in [-0.1, -0.05) is 15.9 Å². The second kappa shape index (κ2) is 7.04. The summed E-state index contributed by atoms with van der Waals surface area (Å²) in [6, 6.07) is 5.53. The first-order chi connectivity index (χ1) is 9.99. The minimum atomic E-state index is -0.476. The van der Waals surface area contributed by atoms with Crippen LogP contribution in [0.3, 0.4) is 0 Å². The number of primary amides is 1. The van der Waals surface area contributed by atoms with Crippen molar-refractivity contribution >= 4 is 27.7 Å². The zero-order chi connectivity index (χ0) is 15.4. The Labute approximate surface area is 133 Å². The number of carbonyl (C=O) groups is 2. The van der Waals surface area contributed by atoms with E-state index in [9.17, 15) is 9.59 Å². The van der Waals surface area contributed by atoms with Gasteiger partial charge in [-0.25, -0.2) is 0 Å². The third-order valence-corrected chi connectivity index (χ3v) is 4.63. The Bertz CT molecular complexity index is 542. The largest absolute Gasteiger partial charge is 0.368 e. The van der Waals surface area contributed by atoms with Crippen LogP contribution in [0.4, 0.5) is 0 Å². The lowest BCUT2D eigenvalue weighted by Crippen LogP contribution is -2.49. The zero-order valence-electron chi connectivity index (χ0n) is 12.1. The molecule has 0 spiro atoms. The van der Waals surface area contributed by atoms with E-state index >= 15 is 0 Å². The number of piperidine rings is 1.